The van der Waals surface area contributed by atoms with Crippen LogP contribution in [-0.4, -0.2) is 53.4 Å². The van der Waals surface area contributed by atoms with Gasteiger partial charge < -0.3 is 9.80 Å². The summed E-state index contributed by atoms with van der Waals surface area (Å²) in [6, 6.07) is 14.3. The van der Waals surface area contributed by atoms with Gasteiger partial charge in [-0.25, -0.2) is 0 Å². The third-order valence-corrected chi connectivity index (χ3v) is 5.56. The number of carbonyl (C=O) groups excluding carboxylic acids is 1. The molecule has 0 aliphatic carbocycles. The lowest BCUT2D eigenvalue weighted by Gasteiger charge is -2.21. The number of nitrogens with zero attached hydrogens (tertiary/aromatic N) is 3. The highest BCUT2D eigenvalue weighted by molar-refractivity contribution is 5.94. The molecule has 1 amide bonds. The van der Waals surface area contributed by atoms with E-state index in [0.717, 1.165) is 38.2 Å². The van der Waals surface area contributed by atoms with Crippen molar-refractivity contribution in [2.24, 2.45) is 11.8 Å². The lowest BCUT2D eigenvalue weighted by atomic mass is 10.0. The number of fused-ring (bicyclic) bond motifs is 1. The SMILES string of the molecule is O=C(c1ccncc1)N1CC2CN(CCCc3ccccc3)CC2C1. The molecular formula is C21H25N3O. The Hall–Kier alpha value is -2.20. The van der Waals surface area contributed by atoms with Crippen molar-refractivity contribution >= 4 is 5.91 Å². The van der Waals surface area contributed by atoms with Gasteiger partial charge in [0.15, 0.2) is 0 Å². The summed E-state index contributed by atoms with van der Waals surface area (Å²) in [4.78, 5) is 21.2. The Balaban J connectivity index is 1.24. The molecule has 0 spiro atoms. The van der Waals surface area contributed by atoms with Crippen LogP contribution in [0.4, 0.5) is 0 Å². The van der Waals surface area contributed by atoms with Crippen molar-refractivity contribution in [1.29, 1.82) is 0 Å². The van der Waals surface area contributed by atoms with Crippen molar-refractivity contribution in [3.8, 4) is 0 Å². The van der Waals surface area contributed by atoms with Gasteiger partial charge in [-0.1, -0.05) is 30.3 Å². The zero-order valence-electron chi connectivity index (χ0n) is 14.6. The van der Waals surface area contributed by atoms with E-state index in [2.05, 4.69) is 40.2 Å². The van der Waals surface area contributed by atoms with Crippen LogP contribution in [0.3, 0.4) is 0 Å². The molecule has 2 saturated heterocycles. The number of amides is 1. The number of likely N-dealkylation sites (tertiary alicyclic amines) is 2. The summed E-state index contributed by atoms with van der Waals surface area (Å²) < 4.78 is 0. The third-order valence-electron chi connectivity index (χ3n) is 5.56. The zero-order chi connectivity index (χ0) is 17.1. The molecule has 2 unspecified atom stereocenters. The highest BCUT2D eigenvalue weighted by Crippen LogP contribution is 2.31. The largest absolute Gasteiger partial charge is 0.338 e. The van der Waals surface area contributed by atoms with Gasteiger partial charge in [-0.3, -0.25) is 9.78 Å². The lowest BCUT2D eigenvalue weighted by Crippen LogP contribution is -2.33. The van der Waals surface area contributed by atoms with E-state index in [1.165, 1.54) is 18.5 Å². The van der Waals surface area contributed by atoms with Gasteiger partial charge >= 0.3 is 0 Å². The van der Waals surface area contributed by atoms with Crippen LogP contribution in [0, 0.1) is 11.8 Å². The van der Waals surface area contributed by atoms with Gasteiger partial charge in [0.1, 0.15) is 0 Å². The number of rotatable bonds is 5. The van der Waals surface area contributed by atoms with Crippen molar-refractivity contribution in [3.63, 3.8) is 0 Å². The molecule has 25 heavy (non-hydrogen) atoms. The monoisotopic (exact) mass is 335 g/mol. The Morgan fingerprint density at radius 1 is 0.960 bits per heavy atom. The Bertz CT molecular complexity index is 690. The maximum atomic E-state index is 12.6. The van der Waals surface area contributed by atoms with Gasteiger partial charge in [0.25, 0.3) is 5.91 Å². The molecule has 0 saturated carbocycles. The van der Waals surface area contributed by atoms with Crippen molar-refractivity contribution in [3.05, 3.63) is 66.0 Å². The first kappa shape index (κ1) is 16.3. The smallest absolute Gasteiger partial charge is 0.253 e. The molecule has 130 valence electrons. The van der Waals surface area contributed by atoms with Crippen molar-refractivity contribution in [2.75, 3.05) is 32.7 Å². The summed E-state index contributed by atoms with van der Waals surface area (Å²) in [5.74, 6) is 1.44. The first-order chi connectivity index (χ1) is 12.3. The van der Waals surface area contributed by atoms with Gasteiger partial charge in [-0.15, -0.1) is 0 Å². The Kier molecular flexibility index (Phi) is 4.79. The second-order valence-electron chi connectivity index (χ2n) is 7.31. The Morgan fingerprint density at radius 2 is 1.64 bits per heavy atom. The highest BCUT2D eigenvalue weighted by atomic mass is 16.2. The second kappa shape index (κ2) is 7.36. The molecule has 1 aromatic carbocycles. The number of hydrogen-bond donors (Lipinski definition) is 0. The normalized spacial score (nSPS) is 23.0. The first-order valence-corrected chi connectivity index (χ1v) is 9.25. The summed E-state index contributed by atoms with van der Waals surface area (Å²) in [7, 11) is 0. The summed E-state index contributed by atoms with van der Waals surface area (Å²) in [5.41, 5.74) is 2.19. The van der Waals surface area contributed by atoms with Gasteiger partial charge in [0, 0.05) is 44.1 Å². The van der Waals surface area contributed by atoms with E-state index in [0.29, 0.717) is 11.8 Å². The molecule has 0 N–H and O–H groups in total. The predicted molar refractivity (Wildman–Crippen MR) is 98.3 cm³/mol. The topological polar surface area (TPSA) is 36.4 Å². The van der Waals surface area contributed by atoms with Gasteiger partial charge in [0.2, 0.25) is 0 Å². The van der Waals surface area contributed by atoms with E-state index in [-0.39, 0.29) is 5.91 Å². The van der Waals surface area contributed by atoms with E-state index in [1.54, 1.807) is 12.4 Å². The molecular weight excluding hydrogens is 310 g/mol. The Morgan fingerprint density at radius 3 is 2.32 bits per heavy atom. The fraction of sp³-hybridized carbons (Fsp3) is 0.429. The minimum absolute atomic E-state index is 0.160. The molecule has 2 fully saturated rings. The zero-order valence-corrected chi connectivity index (χ0v) is 14.6. The minimum atomic E-state index is 0.160. The number of aromatic nitrogens is 1. The van der Waals surface area contributed by atoms with Gasteiger partial charge in [0.05, 0.1) is 0 Å². The van der Waals surface area contributed by atoms with Crippen LogP contribution in [0.5, 0.6) is 0 Å². The predicted octanol–water partition coefficient (Wildman–Crippen LogP) is 2.72. The van der Waals surface area contributed by atoms with Crippen LogP contribution in [0.2, 0.25) is 0 Å². The number of pyridine rings is 1. The number of carbonyl (C=O) groups is 1. The molecule has 2 atom stereocenters. The number of benzene rings is 1. The van der Waals surface area contributed by atoms with Crippen LogP contribution in [0.1, 0.15) is 22.3 Å². The van der Waals surface area contributed by atoms with Crippen LogP contribution < -0.4 is 0 Å². The van der Waals surface area contributed by atoms with Gasteiger partial charge in [-0.05, 0) is 48.9 Å². The van der Waals surface area contributed by atoms with Crippen molar-refractivity contribution in [1.82, 2.24) is 14.8 Å². The van der Waals surface area contributed by atoms with Crippen molar-refractivity contribution in [2.45, 2.75) is 12.8 Å². The van der Waals surface area contributed by atoms with Crippen LogP contribution >= 0.6 is 0 Å². The average molecular weight is 335 g/mol. The molecule has 4 rings (SSSR count). The van der Waals surface area contributed by atoms with E-state index >= 15 is 0 Å². The van der Waals surface area contributed by atoms with Gasteiger partial charge in [-0.2, -0.15) is 0 Å². The molecule has 3 heterocycles. The molecule has 2 aliphatic rings. The summed E-state index contributed by atoms with van der Waals surface area (Å²) >= 11 is 0. The quantitative estimate of drug-likeness (QED) is 0.843. The Labute approximate surface area is 149 Å². The number of hydrogen-bond acceptors (Lipinski definition) is 3. The highest BCUT2D eigenvalue weighted by Gasteiger charge is 2.41. The first-order valence-electron chi connectivity index (χ1n) is 9.25. The van der Waals surface area contributed by atoms with E-state index in [1.807, 2.05) is 17.0 Å². The van der Waals surface area contributed by atoms with E-state index in [9.17, 15) is 4.79 Å². The second-order valence-corrected chi connectivity index (χ2v) is 7.31. The molecule has 1 aromatic heterocycles. The molecule has 2 aliphatic heterocycles. The average Bonchev–Trinajstić information content (AvgIpc) is 3.21. The van der Waals surface area contributed by atoms with Crippen LogP contribution in [0.15, 0.2) is 54.9 Å². The van der Waals surface area contributed by atoms with E-state index < -0.39 is 0 Å². The molecule has 0 bridgehead atoms. The van der Waals surface area contributed by atoms with Crippen LogP contribution in [-0.2, 0) is 6.42 Å². The maximum Gasteiger partial charge on any atom is 0.253 e. The fourth-order valence-electron chi connectivity index (χ4n) is 4.27. The molecule has 4 nitrogen and oxygen atoms in total. The standard InChI is InChI=1S/C21H25N3O/c25-21(18-8-10-22-11-9-18)24-15-19-13-23(14-20(19)16-24)12-4-7-17-5-2-1-3-6-17/h1-3,5-6,8-11,19-20H,4,7,12-16H2. The summed E-state index contributed by atoms with van der Waals surface area (Å²) in [6.45, 7) is 5.25. The lowest BCUT2D eigenvalue weighted by molar-refractivity contribution is 0.0774. The number of aryl methyl sites for hydroxylation is 1. The fourth-order valence-corrected chi connectivity index (χ4v) is 4.27. The molecule has 0 radical (unpaired) electrons. The third kappa shape index (κ3) is 3.74. The van der Waals surface area contributed by atoms with Crippen molar-refractivity contribution < 1.29 is 4.79 Å². The summed E-state index contributed by atoms with van der Waals surface area (Å²) in [6.07, 6.45) is 5.75. The van der Waals surface area contributed by atoms with Crippen LogP contribution in [0.25, 0.3) is 0 Å². The minimum Gasteiger partial charge on any atom is -0.338 e. The molecule has 2 aromatic rings. The summed E-state index contributed by atoms with van der Waals surface area (Å²) in [5, 5.41) is 0. The maximum absolute atomic E-state index is 12.6. The van der Waals surface area contributed by atoms with E-state index in [4.69, 9.17) is 0 Å². The molecule has 4 heteroatoms.